The van der Waals surface area contributed by atoms with E-state index >= 15 is 0 Å². The van der Waals surface area contributed by atoms with E-state index in [4.69, 9.17) is 0 Å². The minimum absolute atomic E-state index is 1.10. The summed E-state index contributed by atoms with van der Waals surface area (Å²) in [7, 11) is 0. The van der Waals surface area contributed by atoms with Gasteiger partial charge in [-0.05, 0) is 75.8 Å². The number of hydrogen-bond donors (Lipinski definition) is 2. The second-order valence-electron chi connectivity index (χ2n) is 6.80. The lowest BCUT2D eigenvalue weighted by Crippen LogP contribution is -2.13. The smallest absolute Gasteiger partial charge is 0.00490 e. The van der Waals surface area contributed by atoms with E-state index < -0.39 is 0 Å². The average Bonchev–Trinajstić information content (AvgIpc) is 2.61. The summed E-state index contributed by atoms with van der Waals surface area (Å²) in [5.74, 6) is 0. The molecule has 0 fully saturated rings. The van der Waals surface area contributed by atoms with E-state index in [9.17, 15) is 0 Å². The molecule has 2 nitrogen and oxygen atoms in total. The van der Waals surface area contributed by atoms with Crippen molar-refractivity contribution in [2.45, 2.75) is 78.1 Å². The summed E-state index contributed by atoms with van der Waals surface area (Å²) in [6, 6.07) is 9.11. The van der Waals surface area contributed by atoms with E-state index in [1.165, 1.54) is 77.3 Å². The lowest BCUT2D eigenvalue weighted by atomic mass is 9.97. The zero-order valence-electron chi connectivity index (χ0n) is 16.2. The lowest BCUT2D eigenvalue weighted by molar-refractivity contribution is 0.591. The summed E-state index contributed by atoms with van der Waals surface area (Å²) >= 11 is 0. The molecule has 1 aromatic carbocycles. The second kappa shape index (κ2) is 15.7. The normalized spacial score (nSPS) is 11.1. The van der Waals surface area contributed by atoms with Crippen LogP contribution >= 0.6 is 0 Å². The van der Waals surface area contributed by atoms with Crippen LogP contribution in [0.25, 0.3) is 0 Å². The van der Waals surface area contributed by atoms with Crippen molar-refractivity contribution in [1.82, 2.24) is 10.6 Å². The van der Waals surface area contributed by atoms with Gasteiger partial charge in [0, 0.05) is 0 Å². The van der Waals surface area contributed by atoms with Crippen molar-refractivity contribution in [3.05, 3.63) is 35.4 Å². The molecular weight excluding hydrogens is 292 g/mol. The molecule has 1 aromatic rings. The molecule has 0 aliphatic rings. The van der Waals surface area contributed by atoms with Crippen LogP contribution in [-0.2, 0) is 12.8 Å². The fourth-order valence-electron chi connectivity index (χ4n) is 3.24. The first-order valence-corrected chi connectivity index (χ1v) is 10.4. The van der Waals surface area contributed by atoms with Gasteiger partial charge in [0.1, 0.15) is 0 Å². The molecule has 0 bridgehead atoms. The highest BCUT2D eigenvalue weighted by Gasteiger charge is 2.02. The molecule has 0 aliphatic heterocycles. The van der Waals surface area contributed by atoms with Crippen LogP contribution in [0, 0.1) is 0 Å². The van der Waals surface area contributed by atoms with Crippen molar-refractivity contribution in [2.24, 2.45) is 0 Å². The lowest BCUT2D eigenvalue weighted by Gasteiger charge is -2.10. The van der Waals surface area contributed by atoms with Crippen molar-refractivity contribution in [2.75, 3.05) is 26.2 Å². The van der Waals surface area contributed by atoms with Gasteiger partial charge >= 0.3 is 0 Å². The van der Waals surface area contributed by atoms with Gasteiger partial charge < -0.3 is 10.6 Å². The maximum Gasteiger partial charge on any atom is -0.00490 e. The Hall–Kier alpha value is -0.860. The van der Waals surface area contributed by atoms with Gasteiger partial charge in [0.2, 0.25) is 0 Å². The van der Waals surface area contributed by atoms with Crippen LogP contribution in [-0.4, -0.2) is 26.2 Å². The maximum atomic E-state index is 3.41. The zero-order chi connectivity index (χ0) is 17.3. The fraction of sp³-hybridized carbons (Fsp3) is 0.727. The molecule has 0 heterocycles. The molecule has 2 heteroatoms. The third-order valence-corrected chi connectivity index (χ3v) is 4.72. The molecule has 0 aliphatic carbocycles. The Kier molecular flexibility index (Phi) is 13.8. The maximum absolute atomic E-state index is 3.41. The number of hydrogen-bond acceptors (Lipinski definition) is 2. The van der Waals surface area contributed by atoms with Gasteiger partial charge in [-0.25, -0.2) is 0 Å². The largest absolute Gasteiger partial charge is 0.317 e. The minimum atomic E-state index is 1.10. The van der Waals surface area contributed by atoms with Gasteiger partial charge in [0.25, 0.3) is 0 Å². The van der Waals surface area contributed by atoms with E-state index in [-0.39, 0.29) is 0 Å². The third kappa shape index (κ3) is 10.8. The van der Waals surface area contributed by atoms with Gasteiger partial charge in [-0.1, -0.05) is 63.8 Å². The molecular formula is C22H40N2. The number of benzene rings is 1. The van der Waals surface area contributed by atoms with Gasteiger partial charge in [-0.3, -0.25) is 0 Å². The van der Waals surface area contributed by atoms with Crippen LogP contribution in [0.15, 0.2) is 24.3 Å². The molecule has 0 spiro atoms. The summed E-state index contributed by atoms with van der Waals surface area (Å²) in [5.41, 5.74) is 3.19. The fourth-order valence-corrected chi connectivity index (χ4v) is 3.24. The van der Waals surface area contributed by atoms with E-state index in [1.807, 2.05) is 0 Å². The Morgan fingerprint density at radius 2 is 1.00 bits per heavy atom. The third-order valence-electron chi connectivity index (χ3n) is 4.72. The Labute approximate surface area is 150 Å². The molecule has 0 saturated heterocycles. The van der Waals surface area contributed by atoms with Crippen molar-refractivity contribution >= 4 is 0 Å². The molecule has 0 radical (unpaired) electrons. The Morgan fingerprint density at radius 3 is 1.42 bits per heavy atom. The zero-order valence-corrected chi connectivity index (χ0v) is 16.2. The molecule has 2 N–H and O–H groups in total. The highest BCUT2D eigenvalue weighted by molar-refractivity contribution is 5.27. The molecule has 1 rings (SSSR count). The van der Waals surface area contributed by atoms with E-state index in [2.05, 4.69) is 48.7 Å². The topological polar surface area (TPSA) is 24.1 Å². The van der Waals surface area contributed by atoms with Gasteiger partial charge in [-0.15, -0.1) is 0 Å². The van der Waals surface area contributed by atoms with E-state index in [0.717, 1.165) is 13.1 Å². The summed E-state index contributed by atoms with van der Waals surface area (Å²) in [4.78, 5) is 0. The molecule has 0 atom stereocenters. The SMILES string of the molecule is CCNCCCCCCc1ccccc1CCCCCCNCC. The van der Waals surface area contributed by atoms with E-state index in [0.29, 0.717) is 0 Å². The first-order chi connectivity index (χ1) is 11.9. The number of aryl methyl sites for hydroxylation is 2. The van der Waals surface area contributed by atoms with Gasteiger partial charge in [-0.2, -0.15) is 0 Å². The van der Waals surface area contributed by atoms with Crippen LogP contribution in [0.1, 0.15) is 76.3 Å². The first kappa shape index (κ1) is 21.2. The van der Waals surface area contributed by atoms with Crippen LogP contribution in [0.3, 0.4) is 0 Å². The van der Waals surface area contributed by atoms with Gasteiger partial charge in [0.05, 0.1) is 0 Å². The molecule has 0 saturated carbocycles. The highest BCUT2D eigenvalue weighted by atomic mass is 14.8. The van der Waals surface area contributed by atoms with Crippen LogP contribution < -0.4 is 10.6 Å². The Morgan fingerprint density at radius 1 is 0.583 bits per heavy atom. The summed E-state index contributed by atoms with van der Waals surface area (Å²) in [6.07, 6.45) is 13.3. The van der Waals surface area contributed by atoms with Crippen molar-refractivity contribution < 1.29 is 0 Å². The van der Waals surface area contributed by atoms with Crippen molar-refractivity contribution in [1.29, 1.82) is 0 Å². The molecule has 0 unspecified atom stereocenters. The van der Waals surface area contributed by atoms with Crippen LogP contribution in [0.2, 0.25) is 0 Å². The van der Waals surface area contributed by atoms with Crippen molar-refractivity contribution in [3.63, 3.8) is 0 Å². The molecule has 24 heavy (non-hydrogen) atoms. The summed E-state index contributed by atoms with van der Waals surface area (Å²) < 4.78 is 0. The molecule has 0 aromatic heterocycles. The quantitative estimate of drug-likeness (QED) is 0.411. The van der Waals surface area contributed by atoms with E-state index in [1.54, 1.807) is 11.1 Å². The second-order valence-corrected chi connectivity index (χ2v) is 6.80. The summed E-state index contributed by atoms with van der Waals surface area (Å²) in [6.45, 7) is 8.92. The molecule has 138 valence electrons. The highest BCUT2D eigenvalue weighted by Crippen LogP contribution is 2.16. The molecule has 0 amide bonds. The van der Waals surface area contributed by atoms with Crippen LogP contribution in [0.5, 0.6) is 0 Å². The number of rotatable bonds is 16. The minimum Gasteiger partial charge on any atom is -0.317 e. The summed E-state index contributed by atoms with van der Waals surface area (Å²) in [5, 5.41) is 6.81. The monoisotopic (exact) mass is 332 g/mol. The predicted molar refractivity (Wildman–Crippen MR) is 108 cm³/mol. The standard InChI is InChI=1S/C22H40N2/c1-3-23-19-13-7-5-9-15-21-17-11-12-18-22(21)16-10-6-8-14-20-24-4-2/h11-12,17-18,23-24H,3-10,13-16,19-20H2,1-2H3. The number of nitrogens with one attached hydrogen (secondary N) is 2. The average molecular weight is 333 g/mol. The Bertz CT molecular complexity index is 352. The number of unbranched alkanes of at least 4 members (excludes halogenated alkanes) is 6. The predicted octanol–water partition coefficient (Wildman–Crippen LogP) is 5.11. The first-order valence-electron chi connectivity index (χ1n) is 10.4. The van der Waals surface area contributed by atoms with Gasteiger partial charge in [0.15, 0.2) is 0 Å². The Balaban J connectivity index is 2.14. The van der Waals surface area contributed by atoms with Crippen LogP contribution in [0.4, 0.5) is 0 Å². The van der Waals surface area contributed by atoms with Crippen molar-refractivity contribution in [3.8, 4) is 0 Å².